The van der Waals surface area contributed by atoms with Gasteiger partial charge in [0.1, 0.15) is 5.82 Å². The predicted molar refractivity (Wildman–Crippen MR) is 73.0 cm³/mol. The Morgan fingerprint density at radius 2 is 2.26 bits per heavy atom. The maximum atomic E-state index is 13.4. The molecular formula is C13H16ClFN4. The molecular weight excluding hydrogens is 267 g/mol. The van der Waals surface area contributed by atoms with E-state index in [2.05, 4.69) is 10.5 Å². The lowest BCUT2D eigenvalue weighted by Crippen LogP contribution is -2.29. The largest absolute Gasteiger partial charge is 0.273 e. The number of halogens is 2. The number of aryl methyl sites for hydroxylation is 2. The van der Waals surface area contributed by atoms with Crippen molar-refractivity contribution in [2.75, 3.05) is 0 Å². The number of hydrazine groups is 1. The van der Waals surface area contributed by atoms with Crippen LogP contribution in [0.3, 0.4) is 0 Å². The zero-order valence-corrected chi connectivity index (χ0v) is 11.4. The molecule has 0 aliphatic rings. The molecule has 1 unspecified atom stereocenters. The first kappa shape index (κ1) is 14.0. The van der Waals surface area contributed by atoms with Crippen molar-refractivity contribution >= 4 is 11.6 Å². The maximum absolute atomic E-state index is 13.4. The van der Waals surface area contributed by atoms with E-state index in [1.807, 2.05) is 13.1 Å². The number of hydrogen-bond acceptors (Lipinski definition) is 3. The van der Waals surface area contributed by atoms with Crippen molar-refractivity contribution in [1.29, 1.82) is 0 Å². The van der Waals surface area contributed by atoms with Crippen molar-refractivity contribution in [3.63, 3.8) is 0 Å². The zero-order chi connectivity index (χ0) is 13.8. The van der Waals surface area contributed by atoms with Crippen LogP contribution in [0.5, 0.6) is 0 Å². The molecule has 1 atom stereocenters. The van der Waals surface area contributed by atoms with Crippen LogP contribution in [-0.4, -0.2) is 9.78 Å². The molecule has 1 heterocycles. The lowest BCUT2D eigenvalue weighted by atomic mass is 10.0. The monoisotopic (exact) mass is 282 g/mol. The van der Waals surface area contributed by atoms with Gasteiger partial charge in [0.25, 0.3) is 0 Å². The first-order valence-corrected chi connectivity index (χ1v) is 6.38. The van der Waals surface area contributed by atoms with Gasteiger partial charge in [0.2, 0.25) is 0 Å². The molecule has 0 aliphatic carbocycles. The van der Waals surface area contributed by atoms with Crippen molar-refractivity contribution in [1.82, 2.24) is 15.2 Å². The van der Waals surface area contributed by atoms with Gasteiger partial charge in [-0.1, -0.05) is 23.7 Å². The Labute approximate surface area is 116 Å². The van der Waals surface area contributed by atoms with Gasteiger partial charge in [0, 0.05) is 25.0 Å². The highest BCUT2D eigenvalue weighted by molar-refractivity contribution is 6.31. The van der Waals surface area contributed by atoms with E-state index in [0.717, 1.165) is 12.1 Å². The molecule has 0 saturated carbocycles. The molecule has 0 saturated heterocycles. The second-order valence-electron chi connectivity index (χ2n) is 4.35. The van der Waals surface area contributed by atoms with E-state index in [9.17, 15) is 4.39 Å². The Morgan fingerprint density at radius 1 is 1.47 bits per heavy atom. The number of nitrogens with two attached hydrogens (primary N) is 1. The van der Waals surface area contributed by atoms with E-state index in [4.69, 9.17) is 17.4 Å². The van der Waals surface area contributed by atoms with Gasteiger partial charge in [-0.3, -0.25) is 16.0 Å². The van der Waals surface area contributed by atoms with Gasteiger partial charge in [0.05, 0.1) is 5.02 Å². The maximum Gasteiger partial charge on any atom is 0.142 e. The fourth-order valence-electron chi connectivity index (χ4n) is 2.06. The summed E-state index contributed by atoms with van der Waals surface area (Å²) in [7, 11) is 1.88. The van der Waals surface area contributed by atoms with E-state index in [-0.39, 0.29) is 11.1 Å². The average Bonchev–Trinajstić information content (AvgIpc) is 2.80. The third-order valence-electron chi connectivity index (χ3n) is 3.17. The highest BCUT2D eigenvalue weighted by Gasteiger charge is 2.16. The Bertz CT molecular complexity index is 555. The van der Waals surface area contributed by atoms with Crippen LogP contribution in [0, 0.1) is 5.82 Å². The third kappa shape index (κ3) is 3.12. The zero-order valence-electron chi connectivity index (χ0n) is 10.6. The highest BCUT2D eigenvalue weighted by Crippen LogP contribution is 2.27. The summed E-state index contributed by atoms with van der Waals surface area (Å²) >= 11 is 5.97. The van der Waals surface area contributed by atoms with Gasteiger partial charge < -0.3 is 0 Å². The SMILES string of the molecule is Cn1nccc1CCC(NN)c1cccc(F)c1Cl. The fraction of sp³-hybridized carbons (Fsp3) is 0.308. The molecule has 1 aromatic heterocycles. The predicted octanol–water partition coefficient (Wildman–Crippen LogP) is 2.35. The van der Waals surface area contributed by atoms with Gasteiger partial charge in [-0.25, -0.2) is 4.39 Å². The van der Waals surface area contributed by atoms with Gasteiger partial charge in [-0.2, -0.15) is 5.10 Å². The fourth-order valence-corrected chi connectivity index (χ4v) is 2.31. The molecule has 0 bridgehead atoms. The minimum Gasteiger partial charge on any atom is -0.273 e. The van der Waals surface area contributed by atoms with E-state index in [0.29, 0.717) is 12.0 Å². The van der Waals surface area contributed by atoms with Crippen LogP contribution in [-0.2, 0) is 13.5 Å². The van der Waals surface area contributed by atoms with Gasteiger partial charge in [-0.05, 0) is 30.5 Å². The second kappa shape index (κ2) is 6.14. The third-order valence-corrected chi connectivity index (χ3v) is 3.57. The quantitative estimate of drug-likeness (QED) is 0.654. The molecule has 19 heavy (non-hydrogen) atoms. The van der Waals surface area contributed by atoms with Gasteiger partial charge >= 0.3 is 0 Å². The summed E-state index contributed by atoms with van der Waals surface area (Å²) in [5, 5.41) is 4.22. The Kier molecular flexibility index (Phi) is 4.52. The molecule has 0 aliphatic heterocycles. The molecule has 2 rings (SSSR count). The van der Waals surface area contributed by atoms with Crippen LogP contribution in [0.1, 0.15) is 23.7 Å². The molecule has 102 valence electrons. The van der Waals surface area contributed by atoms with Crippen LogP contribution in [0.2, 0.25) is 5.02 Å². The van der Waals surface area contributed by atoms with Crippen LogP contribution in [0.25, 0.3) is 0 Å². The van der Waals surface area contributed by atoms with Crippen molar-refractivity contribution in [3.05, 3.63) is 52.6 Å². The van der Waals surface area contributed by atoms with Crippen LogP contribution in [0.15, 0.2) is 30.5 Å². The van der Waals surface area contributed by atoms with E-state index in [1.165, 1.54) is 6.07 Å². The van der Waals surface area contributed by atoms with E-state index < -0.39 is 5.82 Å². The van der Waals surface area contributed by atoms with Crippen molar-refractivity contribution < 1.29 is 4.39 Å². The summed E-state index contributed by atoms with van der Waals surface area (Å²) in [4.78, 5) is 0. The Morgan fingerprint density at radius 3 is 2.89 bits per heavy atom. The summed E-state index contributed by atoms with van der Waals surface area (Å²) in [5.74, 6) is 5.12. The molecule has 6 heteroatoms. The highest BCUT2D eigenvalue weighted by atomic mass is 35.5. The second-order valence-corrected chi connectivity index (χ2v) is 4.73. The van der Waals surface area contributed by atoms with Crippen LogP contribution < -0.4 is 11.3 Å². The Balaban J connectivity index is 2.12. The van der Waals surface area contributed by atoms with Crippen LogP contribution >= 0.6 is 11.6 Å². The lowest BCUT2D eigenvalue weighted by molar-refractivity contribution is 0.503. The van der Waals surface area contributed by atoms with Gasteiger partial charge in [-0.15, -0.1) is 0 Å². The first-order chi connectivity index (χ1) is 9.13. The first-order valence-electron chi connectivity index (χ1n) is 6.00. The minimum atomic E-state index is -0.431. The summed E-state index contributed by atoms with van der Waals surface area (Å²) < 4.78 is 15.2. The minimum absolute atomic E-state index is 0.121. The number of nitrogens with zero attached hydrogens (tertiary/aromatic N) is 2. The summed E-state index contributed by atoms with van der Waals surface area (Å²) in [6.07, 6.45) is 3.23. The van der Waals surface area contributed by atoms with E-state index in [1.54, 1.807) is 23.0 Å². The Hall–Kier alpha value is -1.43. The number of aromatic nitrogens is 2. The normalized spacial score (nSPS) is 12.6. The molecule has 4 nitrogen and oxygen atoms in total. The topological polar surface area (TPSA) is 55.9 Å². The molecule has 2 aromatic rings. The average molecular weight is 283 g/mol. The summed E-state index contributed by atoms with van der Waals surface area (Å²) in [6.45, 7) is 0. The molecule has 0 fully saturated rings. The number of hydrogen-bond donors (Lipinski definition) is 2. The molecule has 1 aromatic carbocycles. The smallest absolute Gasteiger partial charge is 0.142 e. The number of benzene rings is 1. The van der Waals surface area contributed by atoms with Gasteiger partial charge in [0.15, 0.2) is 0 Å². The molecule has 0 amide bonds. The number of rotatable bonds is 5. The van der Waals surface area contributed by atoms with Crippen molar-refractivity contribution in [2.45, 2.75) is 18.9 Å². The molecule has 0 radical (unpaired) electrons. The number of nitrogens with one attached hydrogen (secondary N) is 1. The summed E-state index contributed by atoms with van der Waals surface area (Å²) in [5.41, 5.74) is 4.45. The molecule has 0 spiro atoms. The van der Waals surface area contributed by atoms with Crippen molar-refractivity contribution in [3.8, 4) is 0 Å². The van der Waals surface area contributed by atoms with Crippen LogP contribution in [0.4, 0.5) is 4.39 Å². The standard InChI is InChI=1S/C13H16ClFN4/c1-19-9(7-8-17-19)5-6-12(18-16)10-3-2-4-11(15)13(10)14/h2-4,7-8,12,18H,5-6,16H2,1H3. The van der Waals surface area contributed by atoms with Crippen molar-refractivity contribution in [2.24, 2.45) is 12.9 Å². The molecule has 3 N–H and O–H groups in total. The van der Waals surface area contributed by atoms with E-state index >= 15 is 0 Å². The summed E-state index contributed by atoms with van der Waals surface area (Å²) in [6, 6.07) is 6.49. The lowest BCUT2D eigenvalue weighted by Gasteiger charge is -2.17.